The Morgan fingerprint density at radius 1 is 1.18 bits per heavy atom. The van der Waals surface area contributed by atoms with Crippen molar-refractivity contribution in [3.05, 3.63) is 88.6 Å². The Kier molecular flexibility index (Phi) is 5.99. The van der Waals surface area contributed by atoms with E-state index >= 15 is 0 Å². The number of alkyl halides is 3. The molecule has 1 amide bonds. The molecule has 0 bridgehead atoms. The molecule has 0 aliphatic rings. The third-order valence-corrected chi connectivity index (χ3v) is 5.24. The number of carbonyl (C=O) groups excluding carboxylic acids is 1. The molecule has 6 nitrogen and oxygen atoms in total. The molecule has 2 heterocycles. The monoisotopic (exact) mass is 463 g/mol. The van der Waals surface area contributed by atoms with E-state index in [0.29, 0.717) is 29.0 Å². The van der Waals surface area contributed by atoms with Gasteiger partial charge in [0.05, 0.1) is 5.56 Å². The molecule has 0 unspecified atom stereocenters. The van der Waals surface area contributed by atoms with Crippen molar-refractivity contribution < 1.29 is 18.0 Å². The van der Waals surface area contributed by atoms with Gasteiger partial charge in [0.15, 0.2) is 5.82 Å². The SMILES string of the molecule is CCc1nc(C#Cc2cc(C(=O)Nc3cccc(C(F)(F)F)c3)ccc2C)c2c(N)nccn12. The van der Waals surface area contributed by atoms with Gasteiger partial charge in [-0.2, -0.15) is 13.2 Å². The second kappa shape index (κ2) is 8.90. The van der Waals surface area contributed by atoms with Gasteiger partial charge in [0.1, 0.15) is 17.0 Å². The number of nitrogens with two attached hydrogens (primary N) is 1. The van der Waals surface area contributed by atoms with E-state index in [0.717, 1.165) is 23.5 Å². The molecule has 0 saturated heterocycles. The molecule has 0 radical (unpaired) electrons. The molecule has 9 heteroatoms. The van der Waals surface area contributed by atoms with Gasteiger partial charge in [-0.15, -0.1) is 0 Å². The van der Waals surface area contributed by atoms with Gasteiger partial charge >= 0.3 is 6.18 Å². The lowest BCUT2D eigenvalue weighted by atomic mass is 10.0. The summed E-state index contributed by atoms with van der Waals surface area (Å²) < 4.78 is 40.7. The summed E-state index contributed by atoms with van der Waals surface area (Å²) in [4.78, 5) is 21.4. The Hall–Kier alpha value is -4.32. The van der Waals surface area contributed by atoms with Gasteiger partial charge in [-0.3, -0.25) is 9.20 Å². The summed E-state index contributed by atoms with van der Waals surface area (Å²) in [5.74, 6) is 6.61. The van der Waals surface area contributed by atoms with Crippen molar-refractivity contribution in [2.75, 3.05) is 11.1 Å². The van der Waals surface area contributed by atoms with E-state index in [9.17, 15) is 18.0 Å². The minimum atomic E-state index is -4.50. The molecule has 0 atom stereocenters. The van der Waals surface area contributed by atoms with Crippen molar-refractivity contribution in [2.24, 2.45) is 0 Å². The minimum Gasteiger partial charge on any atom is -0.382 e. The Morgan fingerprint density at radius 2 is 1.97 bits per heavy atom. The second-order valence-corrected chi connectivity index (χ2v) is 7.57. The van der Waals surface area contributed by atoms with Crippen LogP contribution in [0.4, 0.5) is 24.7 Å². The van der Waals surface area contributed by atoms with Crippen LogP contribution in [0, 0.1) is 18.8 Å². The van der Waals surface area contributed by atoms with Crippen LogP contribution in [0.3, 0.4) is 0 Å². The number of nitrogens with one attached hydrogen (secondary N) is 1. The molecule has 4 aromatic rings. The highest BCUT2D eigenvalue weighted by Crippen LogP contribution is 2.30. The number of hydrogen-bond donors (Lipinski definition) is 2. The van der Waals surface area contributed by atoms with Gasteiger partial charge in [-0.05, 0) is 48.7 Å². The average molecular weight is 463 g/mol. The normalized spacial score (nSPS) is 11.2. The number of aryl methyl sites for hydroxylation is 2. The van der Waals surface area contributed by atoms with Crippen LogP contribution in [-0.2, 0) is 12.6 Å². The van der Waals surface area contributed by atoms with Crippen molar-refractivity contribution in [1.29, 1.82) is 0 Å². The molecule has 0 spiro atoms. The van der Waals surface area contributed by atoms with Crippen molar-refractivity contribution >= 4 is 22.9 Å². The second-order valence-electron chi connectivity index (χ2n) is 7.57. The van der Waals surface area contributed by atoms with Gasteiger partial charge in [-0.1, -0.05) is 25.0 Å². The Morgan fingerprint density at radius 3 is 2.71 bits per heavy atom. The molecule has 2 aromatic carbocycles. The van der Waals surface area contributed by atoms with E-state index in [1.807, 2.05) is 18.2 Å². The van der Waals surface area contributed by atoms with Crippen molar-refractivity contribution in [2.45, 2.75) is 26.4 Å². The Labute approximate surface area is 193 Å². The average Bonchev–Trinajstić information content (AvgIpc) is 3.17. The largest absolute Gasteiger partial charge is 0.416 e. The van der Waals surface area contributed by atoms with Crippen LogP contribution in [0.15, 0.2) is 54.9 Å². The smallest absolute Gasteiger partial charge is 0.382 e. The highest BCUT2D eigenvalue weighted by molar-refractivity contribution is 6.04. The number of anilines is 2. The number of aromatic nitrogens is 3. The van der Waals surface area contributed by atoms with Crippen molar-refractivity contribution in [1.82, 2.24) is 14.4 Å². The number of nitrogen functional groups attached to an aromatic ring is 1. The minimum absolute atomic E-state index is 0.0487. The summed E-state index contributed by atoms with van der Waals surface area (Å²) in [6.45, 7) is 3.82. The lowest BCUT2D eigenvalue weighted by Crippen LogP contribution is -2.13. The summed E-state index contributed by atoms with van der Waals surface area (Å²) in [7, 11) is 0. The van der Waals surface area contributed by atoms with E-state index in [2.05, 4.69) is 27.1 Å². The fourth-order valence-electron chi connectivity index (χ4n) is 3.46. The van der Waals surface area contributed by atoms with Crippen LogP contribution in [-0.4, -0.2) is 20.3 Å². The van der Waals surface area contributed by atoms with Crippen LogP contribution in [0.2, 0.25) is 0 Å². The highest BCUT2D eigenvalue weighted by Gasteiger charge is 2.30. The zero-order chi connectivity index (χ0) is 24.5. The topological polar surface area (TPSA) is 85.3 Å². The van der Waals surface area contributed by atoms with Crippen LogP contribution in [0.5, 0.6) is 0 Å². The predicted molar refractivity (Wildman–Crippen MR) is 123 cm³/mol. The lowest BCUT2D eigenvalue weighted by molar-refractivity contribution is -0.137. The van der Waals surface area contributed by atoms with Gasteiger partial charge in [0, 0.05) is 35.6 Å². The maximum Gasteiger partial charge on any atom is 0.416 e. The van der Waals surface area contributed by atoms with Gasteiger partial charge in [0.2, 0.25) is 0 Å². The fourth-order valence-corrected chi connectivity index (χ4v) is 3.46. The number of benzene rings is 2. The zero-order valence-electron chi connectivity index (χ0n) is 18.4. The molecule has 2 aromatic heterocycles. The van der Waals surface area contributed by atoms with E-state index in [4.69, 9.17) is 5.73 Å². The van der Waals surface area contributed by atoms with Gasteiger partial charge < -0.3 is 11.1 Å². The zero-order valence-corrected chi connectivity index (χ0v) is 18.4. The standard InChI is InChI=1S/C25H20F3N5O/c1-3-21-32-20(22-23(29)30-11-12-33(21)22)10-9-16-13-17(8-7-15(16)2)24(34)31-19-6-4-5-18(14-19)25(26,27)28/h4-8,11-14H,3H2,1-2H3,(H2,29,30)(H,31,34). The first-order chi connectivity index (χ1) is 16.2. The molecular weight excluding hydrogens is 443 g/mol. The molecule has 0 aliphatic heterocycles. The number of nitrogens with zero attached hydrogens (tertiary/aromatic N) is 3. The maximum absolute atomic E-state index is 13.0. The van der Waals surface area contributed by atoms with Gasteiger partial charge in [-0.25, -0.2) is 9.97 Å². The number of amides is 1. The number of halogens is 3. The summed E-state index contributed by atoms with van der Waals surface area (Å²) in [6.07, 6.45) is -0.457. The summed E-state index contributed by atoms with van der Waals surface area (Å²) in [5.41, 5.74) is 8.00. The van der Waals surface area contributed by atoms with Crippen LogP contribution >= 0.6 is 0 Å². The van der Waals surface area contributed by atoms with Crippen LogP contribution in [0.1, 0.15) is 45.5 Å². The number of imidazole rings is 1. The molecule has 3 N–H and O–H groups in total. The van der Waals surface area contributed by atoms with E-state index in [1.54, 1.807) is 30.6 Å². The van der Waals surface area contributed by atoms with Gasteiger partial charge in [0.25, 0.3) is 5.91 Å². The Bertz CT molecular complexity index is 1460. The summed E-state index contributed by atoms with van der Waals surface area (Å²) in [6, 6.07) is 9.38. The summed E-state index contributed by atoms with van der Waals surface area (Å²) in [5, 5.41) is 2.51. The fraction of sp³-hybridized carbons (Fsp3) is 0.160. The van der Waals surface area contributed by atoms with Crippen molar-refractivity contribution in [3.63, 3.8) is 0 Å². The molecular formula is C25H20F3N5O. The number of carbonyl (C=O) groups is 1. The lowest BCUT2D eigenvalue weighted by Gasteiger charge is -2.10. The van der Waals surface area contributed by atoms with E-state index in [-0.39, 0.29) is 11.3 Å². The third kappa shape index (κ3) is 4.57. The van der Waals surface area contributed by atoms with E-state index < -0.39 is 17.6 Å². The first-order valence-corrected chi connectivity index (χ1v) is 10.4. The number of rotatable bonds is 3. The highest BCUT2D eigenvalue weighted by atomic mass is 19.4. The molecule has 0 saturated carbocycles. The number of fused-ring (bicyclic) bond motifs is 1. The molecule has 0 fully saturated rings. The first kappa shape index (κ1) is 22.9. The maximum atomic E-state index is 13.0. The molecule has 172 valence electrons. The molecule has 4 rings (SSSR count). The van der Waals surface area contributed by atoms with Crippen LogP contribution in [0.25, 0.3) is 5.52 Å². The van der Waals surface area contributed by atoms with E-state index in [1.165, 1.54) is 12.1 Å². The first-order valence-electron chi connectivity index (χ1n) is 10.4. The third-order valence-electron chi connectivity index (χ3n) is 5.24. The Balaban J connectivity index is 1.64. The van der Waals surface area contributed by atoms with Crippen molar-refractivity contribution in [3.8, 4) is 11.8 Å². The predicted octanol–water partition coefficient (Wildman–Crippen LogP) is 4.85. The van der Waals surface area contributed by atoms with Crippen LogP contribution < -0.4 is 11.1 Å². The molecule has 0 aliphatic carbocycles. The quantitative estimate of drug-likeness (QED) is 0.425. The summed E-state index contributed by atoms with van der Waals surface area (Å²) >= 11 is 0. The number of hydrogen-bond acceptors (Lipinski definition) is 4. The molecule has 34 heavy (non-hydrogen) atoms.